The topological polar surface area (TPSA) is 38.7 Å². The predicted molar refractivity (Wildman–Crippen MR) is 72.8 cm³/mol. The summed E-state index contributed by atoms with van der Waals surface area (Å²) >= 11 is 0. The molecule has 1 unspecified atom stereocenters. The molecule has 0 amide bonds. The first-order valence-corrected chi connectivity index (χ1v) is 6.37. The highest BCUT2D eigenvalue weighted by molar-refractivity contribution is 6.62. The molecule has 3 nitrogen and oxygen atoms in total. The smallest absolute Gasteiger partial charge is 0.399 e. The van der Waals surface area contributed by atoms with Gasteiger partial charge >= 0.3 is 7.12 Å². The predicted octanol–water partition coefficient (Wildman–Crippen LogP) is 2.04. The zero-order valence-corrected chi connectivity index (χ0v) is 11.7. The number of hydrogen-bond acceptors (Lipinski definition) is 3. The fourth-order valence-electron chi connectivity index (χ4n) is 2.08. The standard InChI is InChI=1S/C14H21BO3/c1-10(16)11-8-6-7-9-12(11)15-17-13(2,3)14(4,5)18-15/h6-10,16H,1-5H3. The summed E-state index contributed by atoms with van der Waals surface area (Å²) in [5.74, 6) is 0. The van der Waals surface area contributed by atoms with Crippen LogP contribution in [0.2, 0.25) is 0 Å². The van der Waals surface area contributed by atoms with E-state index in [0.29, 0.717) is 0 Å². The van der Waals surface area contributed by atoms with Gasteiger partial charge in [-0.3, -0.25) is 0 Å². The molecule has 4 heteroatoms. The molecule has 1 N–H and O–H groups in total. The molecule has 0 radical (unpaired) electrons. The minimum absolute atomic E-state index is 0.358. The van der Waals surface area contributed by atoms with Gasteiger partial charge < -0.3 is 14.4 Å². The van der Waals surface area contributed by atoms with E-state index in [-0.39, 0.29) is 11.2 Å². The maximum Gasteiger partial charge on any atom is 0.495 e. The van der Waals surface area contributed by atoms with Crippen LogP contribution in [-0.4, -0.2) is 23.4 Å². The Morgan fingerprint density at radius 3 is 2.06 bits per heavy atom. The van der Waals surface area contributed by atoms with E-state index in [1.54, 1.807) is 6.92 Å². The van der Waals surface area contributed by atoms with Crippen LogP contribution >= 0.6 is 0 Å². The first-order valence-electron chi connectivity index (χ1n) is 6.37. The number of benzene rings is 1. The SMILES string of the molecule is CC(O)c1ccccc1B1OC(C)(C)C(C)(C)O1. The van der Waals surface area contributed by atoms with Gasteiger partial charge in [0, 0.05) is 0 Å². The van der Waals surface area contributed by atoms with Crippen molar-refractivity contribution < 1.29 is 14.4 Å². The van der Waals surface area contributed by atoms with Crippen LogP contribution in [0, 0.1) is 0 Å². The molecule has 1 heterocycles. The molecule has 1 saturated heterocycles. The van der Waals surface area contributed by atoms with Gasteiger partial charge in [0.15, 0.2) is 0 Å². The summed E-state index contributed by atoms with van der Waals surface area (Å²) in [5, 5.41) is 9.81. The lowest BCUT2D eigenvalue weighted by molar-refractivity contribution is 0.00578. The van der Waals surface area contributed by atoms with Crippen molar-refractivity contribution in [1.82, 2.24) is 0 Å². The van der Waals surface area contributed by atoms with Crippen molar-refractivity contribution in [3.63, 3.8) is 0 Å². The van der Waals surface area contributed by atoms with Crippen LogP contribution in [0.1, 0.15) is 46.3 Å². The molecular formula is C14H21BO3. The van der Waals surface area contributed by atoms with Crippen molar-refractivity contribution in [1.29, 1.82) is 0 Å². The molecule has 98 valence electrons. The maximum absolute atomic E-state index is 9.81. The van der Waals surface area contributed by atoms with Crippen molar-refractivity contribution in [2.24, 2.45) is 0 Å². The van der Waals surface area contributed by atoms with Crippen LogP contribution in [-0.2, 0) is 9.31 Å². The van der Waals surface area contributed by atoms with Gasteiger partial charge in [-0.25, -0.2) is 0 Å². The quantitative estimate of drug-likeness (QED) is 0.814. The second-order valence-electron chi connectivity index (χ2n) is 5.89. The fraction of sp³-hybridized carbons (Fsp3) is 0.571. The highest BCUT2D eigenvalue weighted by Gasteiger charge is 2.52. The normalized spacial score (nSPS) is 23.1. The zero-order chi connectivity index (χ0) is 13.6. The van der Waals surface area contributed by atoms with Gasteiger partial charge in [0.2, 0.25) is 0 Å². The van der Waals surface area contributed by atoms with E-state index in [1.165, 1.54) is 0 Å². The molecule has 0 aliphatic carbocycles. The largest absolute Gasteiger partial charge is 0.495 e. The van der Waals surface area contributed by atoms with E-state index >= 15 is 0 Å². The van der Waals surface area contributed by atoms with Crippen LogP contribution in [0.5, 0.6) is 0 Å². The molecule has 18 heavy (non-hydrogen) atoms. The second-order valence-corrected chi connectivity index (χ2v) is 5.89. The minimum atomic E-state index is -0.528. The molecule has 0 saturated carbocycles. The third-order valence-electron chi connectivity index (χ3n) is 3.95. The van der Waals surface area contributed by atoms with Gasteiger partial charge in [-0.15, -0.1) is 0 Å². The molecular weight excluding hydrogens is 227 g/mol. The van der Waals surface area contributed by atoms with E-state index < -0.39 is 13.2 Å². The summed E-state index contributed by atoms with van der Waals surface area (Å²) in [6, 6.07) is 7.71. The van der Waals surface area contributed by atoms with E-state index in [0.717, 1.165) is 11.0 Å². The summed E-state index contributed by atoms with van der Waals surface area (Å²) in [6.45, 7) is 9.86. The first kappa shape index (κ1) is 13.6. The van der Waals surface area contributed by atoms with Gasteiger partial charge in [0.05, 0.1) is 17.3 Å². The van der Waals surface area contributed by atoms with Crippen molar-refractivity contribution in [2.45, 2.75) is 51.9 Å². The molecule has 0 spiro atoms. The van der Waals surface area contributed by atoms with Crippen LogP contribution in [0.15, 0.2) is 24.3 Å². The third-order valence-corrected chi connectivity index (χ3v) is 3.95. The van der Waals surface area contributed by atoms with Crippen LogP contribution in [0.4, 0.5) is 0 Å². The molecule has 1 aromatic rings. The van der Waals surface area contributed by atoms with Gasteiger partial charge in [-0.1, -0.05) is 24.3 Å². The number of aliphatic hydroxyl groups excluding tert-OH is 1. The molecule has 0 aromatic heterocycles. The highest BCUT2D eigenvalue weighted by Crippen LogP contribution is 2.36. The van der Waals surface area contributed by atoms with E-state index in [4.69, 9.17) is 9.31 Å². The molecule has 1 fully saturated rings. The van der Waals surface area contributed by atoms with E-state index in [1.807, 2.05) is 52.0 Å². The number of rotatable bonds is 2. The lowest BCUT2D eigenvalue weighted by Crippen LogP contribution is -2.41. The second kappa shape index (κ2) is 4.37. The summed E-state index contributed by atoms with van der Waals surface area (Å²) < 4.78 is 12.0. The van der Waals surface area contributed by atoms with Crippen LogP contribution < -0.4 is 5.46 Å². The Bertz CT molecular complexity index is 424. The average molecular weight is 248 g/mol. The van der Waals surface area contributed by atoms with Gasteiger partial charge in [-0.2, -0.15) is 0 Å². The Morgan fingerprint density at radius 1 is 1.06 bits per heavy atom. The average Bonchev–Trinajstić information content (AvgIpc) is 2.48. The molecule has 1 atom stereocenters. The molecule has 1 aromatic carbocycles. The lowest BCUT2D eigenvalue weighted by Gasteiger charge is -2.32. The Hall–Kier alpha value is -0.835. The summed E-state index contributed by atoms with van der Waals surface area (Å²) in [5.41, 5.74) is 1.05. The van der Waals surface area contributed by atoms with Gasteiger partial charge in [-0.05, 0) is 45.6 Å². The van der Waals surface area contributed by atoms with Crippen LogP contribution in [0.25, 0.3) is 0 Å². The molecule has 1 aliphatic rings. The van der Waals surface area contributed by atoms with Crippen molar-refractivity contribution >= 4 is 12.6 Å². The number of aliphatic hydroxyl groups is 1. The Labute approximate surface area is 109 Å². The van der Waals surface area contributed by atoms with E-state index in [2.05, 4.69) is 0 Å². The molecule has 1 aliphatic heterocycles. The van der Waals surface area contributed by atoms with Crippen molar-refractivity contribution in [2.75, 3.05) is 0 Å². The van der Waals surface area contributed by atoms with Gasteiger partial charge in [0.25, 0.3) is 0 Å². The lowest BCUT2D eigenvalue weighted by atomic mass is 9.75. The highest BCUT2D eigenvalue weighted by atomic mass is 16.7. The van der Waals surface area contributed by atoms with Crippen LogP contribution in [0.3, 0.4) is 0 Å². The zero-order valence-electron chi connectivity index (χ0n) is 11.7. The Morgan fingerprint density at radius 2 is 1.56 bits per heavy atom. The van der Waals surface area contributed by atoms with Crippen molar-refractivity contribution in [3.05, 3.63) is 29.8 Å². The Kier molecular flexibility index (Phi) is 3.30. The summed E-state index contributed by atoms with van der Waals surface area (Å²) in [4.78, 5) is 0. The monoisotopic (exact) mass is 248 g/mol. The van der Waals surface area contributed by atoms with Gasteiger partial charge in [0.1, 0.15) is 0 Å². The Balaban J connectivity index is 2.35. The van der Waals surface area contributed by atoms with E-state index in [9.17, 15) is 5.11 Å². The fourth-order valence-corrected chi connectivity index (χ4v) is 2.08. The number of hydrogen-bond donors (Lipinski definition) is 1. The molecule has 0 bridgehead atoms. The summed E-state index contributed by atoms with van der Waals surface area (Å²) in [6.07, 6.45) is -0.528. The minimum Gasteiger partial charge on any atom is -0.399 e. The summed E-state index contributed by atoms with van der Waals surface area (Å²) in [7, 11) is -0.416. The third kappa shape index (κ3) is 2.20. The van der Waals surface area contributed by atoms with Crippen molar-refractivity contribution in [3.8, 4) is 0 Å². The first-order chi connectivity index (χ1) is 8.24. The molecule has 2 rings (SSSR count). The maximum atomic E-state index is 9.81.